The number of aliphatic carboxylic acids is 3. The molecule has 1 heterocycles. The van der Waals surface area contributed by atoms with Crippen LogP contribution in [-0.2, 0) is 27.2 Å². The molecule has 0 radical (unpaired) electrons. The Morgan fingerprint density at radius 1 is 0.925 bits per heavy atom. The van der Waals surface area contributed by atoms with Crippen LogP contribution in [0.25, 0.3) is 0 Å². The summed E-state index contributed by atoms with van der Waals surface area (Å²) in [7, 11) is 0. The van der Waals surface area contributed by atoms with Crippen LogP contribution in [0.5, 0.6) is 0 Å². The van der Waals surface area contributed by atoms with Crippen molar-refractivity contribution in [3.05, 3.63) is 71.8 Å². The van der Waals surface area contributed by atoms with Gasteiger partial charge in [0, 0.05) is 6.61 Å². The molecule has 0 aliphatic carbocycles. The van der Waals surface area contributed by atoms with Gasteiger partial charge in [0.25, 0.3) is 0 Å². The van der Waals surface area contributed by atoms with Gasteiger partial charge in [-0.25, -0.2) is 0 Å². The fourth-order valence-electron chi connectivity index (χ4n) is 3.28. The number of aliphatic hydroxyl groups excluding tert-OH is 1. The summed E-state index contributed by atoms with van der Waals surface area (Å²) in [6, 6.07) is 17.8. The van der Waals surface area contributed by atoms with Gasteiger partial charge in [-0.3, -0.25) is 14.4 Å². The van der Waals surface area contributed by atoms with E-state index in [-0.39, 0.29) is 24.7 Å². The second kappa shape index (κ2) is 23.5. The Morgan fingerprint density at radius 2 is 1.45 bits per heavy atom. The van der Waals surface area contributed by atoms with Gasteiger partial charge in [-0.2, -0.15) is 0 Å². The summed E-state index contributed by atoms with van der Waals surface area (Å²) >= 11 is 0. The zero-order valence-electron chi connectivity index (χ0n) is 23.6. The van der Waals surface area contributed by atoms with Gasteiger partial charge in [0.1, 0.15) is 18.1 Å². The first kappa shape index (κ1) is 38.8. The fourth-order valence-corrected chi connectivity index (χ4v) is 3.28. The van der Waals surface area contributed by atoms with E-state index in [9.17, 15) is 14.4 Å². The maximum absolute atomic E-state index is 10.4. The summed E-state index contributed by atoms with van der Waals surface area (Å²) in [5, 5.41) is 36.6. The molecule has 11 heteroatoms. The molecule has 226 valence electrons. The van der Waals surface area contributed by atoms with Gasteiger partial charge in [0.15, 0.2) is 0 Å². The van der Waals surface area contributed by atoms with Crippen LogP contribution in [0.2, 0.25) is 0 Å². The highest BCUT2D eigenvalue weighted by molar-refractivity contribution is 5.74. The summed E-state index contributed by atoms with van der Waals surface area (Å²) < 4.78 is 0. The Labute approximate surface area is 237 Å². The Balaban J connectivity index is 0. The van der Waals surface area contributed by atoms with E-state index in [1.54, 1.807) is 0 Å². The van der Waals surface area contributed by atoms with E-state index >= 15 is 0 Å². The molecule has 2 aromatic carbocycles. The Hall–Kier alpha value is -3.35. The van der Waals surface area contributed by atoms with Crippen LogP contribution >= 0.6 is 0 Å². The number of hydrogen-bond donors (Lipinski definition) is 8. The second-order valence-corrected chi connectivity index (χ2v) is 9.18. The SMILES string of the molecule is CCC(C)C(N)C(=O)O.N.NC(Cc1ccccc1)C(=O)O.O=C(O)[C@@H]1CCCN1.OCCCc1ccccc1. The molecule has 2 aromatic rings. The predicted octanol–water partition coefficient (Wildman–Crippen LogP) is 2.68. The van der Waals surface area contributed by atoms with Gasteiger partial charge in [-0.05, 0) is 55.7 Å². The first-order valence-corrected chi connectivity index (χ1v) is 13.1. The van der Waals surface area contributed by atoms with Gasteiger partial charge < -0.3 is 43.4 Å². The van der Waals surface area contributed by atoms with Crippen molar-refractivity contribution in [2.75, 3.05) is 13.2 Å². The predicted molar refractivity (Wildman–Crippen MR) is 156 cm³/mol. The average Bonchev–Trinajstić information content (AvgIpc) is 3.49. The molecule has 3 unspecified atom stereocenters. The molecule has 4 atom stereocenters. The van der Waals surface area contributed by atoms with Gasteiger partial charge in [-0.1, -0.05) is 80.9 Å². The van der Waals surface area contributed by atoms with E-state index < -0.39 is 30.0 Å². The largest absolute Gasteiger partial charge is 0.480 e. The van der Waals surface area contributed by atoms with Crippen LogP contribution in [0.1, 0.15) is 50.7 Å². The lowest BCUT2D eigenvalue weighted by Gasteiger charge is -2.11. The van der Waals surface area contributed by atoms with Gasteiger partial charge in [0.2, 0.25) is 0 Å². The highest BCUT2D eigenvalue weighted by Gasteiger charge is 2.20. The topological polar surface area (TPSA) is 231 Å². The lowest BCUT2D eigenvalue weighted by atomic mass is 10.0. The van der Waals surface area contributed by atoms with E-state index in [0.29, 0.717) is 6.42 Å². The maximum Gasteiger partial charge on any atom is 0.320 e. The molecule has 12 N–H and O–H groups in total. The number of aliphatic hydroxyl groups is 1. The lowest BCUT2D eigenvalue weighted by Crippen LogP contribution is -2.36. The van der Waals surface area contributed by atoms with Gasteiger partial charge in [0.05, 0.1) is 0 Å². The van der Waals surface area contributed by atoms with Crippen molar-refractivity contribution in [1.82, 2.24) is 11.5 Å². The van der Waals surface area contributed by atoms with Crippen LogP contribution in [-0.4, -0.2) is 69.6 Å². The first-order chi connectivity index (χ1) is 18.5. The Bertz CT molecular complexity index is 926. The molecule has 1 fully saturated rings. The first-order valence-electron chi connectivity index (χ1n) is 13.1. The van der Waals surface area contributed by atoms with Crippen LogP contribution in [0.3, 0.4) is 0 Å². The number of benzene rings is 2. The highest BCUT2D eigenvalue weighted by Crippen LogP contribution is 2.05. The van der Waals surface area contributed by atoms with Crippen molar-refractivity contribution in [3.8, 4) is 0 Å². The Kier molecular flexibility index (Phi) is 22.8. The second-order valence-electron chi connectivity index (χ2n) is 9.18. The average molecular weight is 565 g/mol. The molecule has 0 bridgehead atoms. The number of nitrogens with two attached hydrogens (primary N) is 2. The molecule has 1 aliphatic rings. The van der Waals surface area contributed by atoms with Crippen LogP contribution < -0.4 is 22.9 Å². The van der Waals surface area contributed by atoms with Crippen molar-refractivity contribution in [1.29, 1.82) is 0 Å². The minimum Gasteiger partial charge on any atom is -0.480 e. The van der Waals surface area contributed by atoms with Crippen LogP contribution in [0.4, 0.5) is 0 Å². The summed E-state index contributed by atoms with van der Waals surface area (Å²) in [5.74, 6) is -2.52. The van der Waals surface area contributed by atoms with E-state index in [1.165, 1.54) is 5.56 Å². The van der Waals surface area contributed by atoms with Gasteiger partial charge in [-0.15, -0.1) is 0 Å². The molecule has 11 nitrogen and oxygen atoms in total. The van der Waals surface area contributed by atoms with Crippen molar-refractivity contribution in [3.63, 3.8) is 0 Å². The third-order valence-corrected chi connectivity index (χ3v) is 5.98. The maximum atomic E-state index is 10.4. The molecule has 0 saturated carbocycles. The Morgan fingerprint density at radius 3 is 1.77 bits per heavy atom. The molecule has 1 aliphatic heterocycles. The number of carbonyl (C=O) groups is 3. The minimum atomic E-state index is -0.959. The number of nitrogens with one attached hydrogen (secondary N) is 1. The normalized spacial score (nSPS) is 15.6. The zero-order valence-corrected chi connectivity index (χ0v) is 23.6. The van der Waals surface area contributed by atoms with Crippen LogP contribution in [0.15, 0.2) is 60.7 Å². The standard InChI is InChI=1S/C9H11NO2.C9H12O.C6H13NO2.C5H9NO2.H3N/c10-8(9(11)12)6-7-4-2-1-3-5-7;10-8-4-7-9-5-2-1-3-6-9;1-3-4(2)5(7)6(8)9;7-5(8)4-2-1-3-6-4;/h1-5,8H,6,10H2,(H,11,12);1-3,5-6,10H,4,7-8H2;4-5H,3,7H2,1-2H3,(H,8,9);4,6H,1-3H2,(H,7,8);1H3/t;;;4-;/m...0./s1. The molecule has 0 aromatic heterocycles. The number of aryl methyl sites for hydroxylation is 1. The summed E-state index contributed by atoms with van der Waals surface area (Å²) in [5.41, 5.74) is 12.9. The highest BCUT2D eigenvalue weighted by atomic mass is 16.4. The molecule has 3 rings (SSSR count). The minimum absolute atomic E-state index is 0. The summed E-state index contributed by atoms with van der Waals surface area (Å²) in [6.07, 6.45) is 4.83. The third kappa shape index (κ3) is 18.8. The van der Waals surface area contributed by atoms with Crippen molar-refractivity contribution in [2.24, 2.45) is 17.4 Å². The molecule has 1 saturated heterocycles. The fraction of sp³-hybridized carbons (Fsp3) is 0.483. The molecule has 40 heavy (non-hydrogen) atoms. The monoisotopic (exact) mass is 564 g/mol. The van der Waals surface area contributed by atoms with E-state index in [1.807, 2.05) is 62.4 Å². The number of carboxylic acids is 3. The van der Waals surface area contributed by atoms with Gasteiger partial charge >= 0.3 is 17.9 Å². The number of rotatable bonds is 10. The molecular formula is C29H48N4O7. The van der Waals surface area contributed by atoms with E-state index in [2.05, 4.69) is 17.4 Å². The van der Waals surface area contributed by atoms with Crippen LogP contribution in [0, 0.1) is 5.92 Å². The number of carboxylic acid groups (broad SMARTS) is 3. The third-order valence-electron chi connectivity index (χ3n) is 5.98. The van der Waals surface area contributed by atoms with E-state index in [0.717, 1.165) is 44.2 Å². The summed E-state index contributed by atoms with van der Waals surface area (Å²) in [4.78, 5) is 30.7. The summed E-state index contributed by atoms with van der Waals surface area (Å²) in [6.45, 7) is 4.90. The lowest BCUT2D eigenvalue weighted by molar-refractivity contribution is -0.140. The molecule has 0 amide bonds. The molecule has 0 spiro atoms. The quantitative estimate of drug-likeness (QED) is 0.209. The zero-order chi connectivity index (χ0) is 29.6. The molecular weight excluding hydrogens is 516 g/mol. The number of hydrogen-bond acceptors (Lipinski definition) is 8. The van der Waals surface area contributed by atoms with Crippen molar-refractivity contribution < 1.29 is 34.8 Å². The van der Waals surface area contributed by atoms with E-state index in [4.69, 9.17) is 31.9 Å². The van der Waals surface area contributed by atoms with Crippen molar-refractivity contribution in [2.45, 2.75) is 70.5 Å². The smallest absolute Gasteiger partial charge is 0.320 e. The van der Waals surface area contributed by atoms with Crippen molar-refractivity contribution >= 4 is 17.9 Å².